The standard InChI is InChI=1S/C19H27NS/c1-20-18(13-21-17-5-3-2-4-6-17)19-10-14-7-15(11-19)9-16(8-14)12-19/h2-6,14-16,18,20H,7-13H2,1H3. The van der Waals surface area contributed by atoms with Gasteiger partial charge in [0.1, 0.15) is 0 Å². The molecule has 1 nitrogen and oxygen atoms in total. The summed E-state index contributed by atoms with van der Waals surface area (Å²) in [4.78, 5) is 1.42. The Kier molecular flexibility index (Phi) is 3.79. The zero-order chi connectivity index (χ0) is 14.3. The van der Waals surface area contributed by atoms with Crippen LogP contribution in [0.15, 0.2) is 35.2 Å². The third-order valence-electron chi connectivity index (χ3n) is 6.33. The van der Waals surface area contributed by atoms with Crippen LogP contribution in [-0.2, 0) is 0 Å². The van der Waals surface area contributed by atoms with Gasteiger partial charge in [-0.05, 0) is 80.9 Å². The maximum atomic E-state index is 3.71. The first-order valence-electron chi connectivity index (χ1n) is 8.62. The van der Waals surface area contributed by atoms with E-state index in [0.717, 1.165) is 17.8 Å². The third-order valence-corrected chi connectivity index (χ3v) is 7.44. The molecule has 4 saturated carbocycles. The van der Waals surface area contributed by atoms with Crippen molar-refractivity contribution in [3.05, 3.63) is 30.3 Å². The van der Waals surface area contributed by atoms with Crippen LogP contribution in [-0.4, -0.2) is 18.8 Å². The zero-order valence-corrected chi connectivity index (χ0v) is 13.9. The van der Waals surface area contributed by atoms with Gasteiger partial charge in [0.05, 0.1) is 0 Å². The molecule has 4 aliphatic rings. The van der Waals surface area contributed by atoms with Crippen molar-refractivity contribution < 1.29 is 0 Å². The summed E-state index contributed by atoms with van der Waals surface area (Å²) in [6.45, 7) is 0. The summed E-state index contributed by atoms with van der Waals surface area (Å²) in [6, 6.07) is 11.6. The lowest BCUT2D eigenvalue weighted by molar-refractivity contribution is -0.0682. The predicted molar refractivity (Wildman–Crippen MR) is 90.6 cm³/mol. The van der Waals surface area contributed by atoms with Gasteiger partial charge in [-0.15, -0.1) is 11.8 Å². The maximum Gasteiger partial charge on any atom is 0.0215 e. The van der Waals surface area contributed by atoms with E-state index < -0.39 is 0 Å². The summed E-state index contributed by atoms with van der Waals surface area (Å²) in [5.74, 6) is 4.38. The Morgan fingerprint density at radius 2 is 1.62 bits per heavy atom. The van der Waals surface area contributed by atoms with Crippen molar-refractivity contribution in [3.8, 4) is 0 Å². The molecule has 1 aromatic rings. The van der Waals surface area contributed by atoms with Crippen molar-refractivity contribution >= 4 is 11.8 Å². The average Bonchev–Trinajstić information content (AvgIpc) is 2.47. The summed E-state index contributed by atoms with van der Waals surface area (Å²) < 4.78 is 0. The first-order chi connectivity index (χ1) is 10.3. The van der Waals surface area contributed by atoms with Crippen LogP contribution in [0, 0.1) is 23.2 Å². The highest BCUT2D eigenvalue weighted by atomic mass is 32.2. The number of hydrogen-bond acceptors (Lipinski definition) is 2. The van der Waals surface area contributed by atoms with Crippen molar-refractivity contribution in [1.29, 1.82) is 0 Å². The number of benzene rings is 1. The molecule has 2 heteroatoms. The van der Waals surface area contributed by atoms with Gasteiger partial charge in [0.15, 0.2) is 0 Å². The molecule has 1 atom stereocenters. The molecule has 4 bridgehead atoms. The van der Waals surface area contributed by atoms with Gasteiger partial charge >= 0.3 is 0 Å². The van der Waals surface area contributed by atoms with E-state index in [-0.39, 0.29) is 0 Å². The molecule has 0 radical (unpaired) electrons. The largest absolute Gasteiger partial charge is 0.316 e. The van der Waals surface area contributed by atoms with Crippen molar-refractivity contribution in [2.75, 3.05) is 12.8 Å². The van der Waals surface area contributed by atoms with Crippen LogP contribution in [0.2, 0.25) is 0 Å². The summed E-state index contributed by atoms with van der Waals surface area (Å²) in [7, 11) is 2.19. The Bertz CT molecular complexity index is 448. The molecule has 114 valence electrons. The molecule has 0 aromatic heterocycles. The number of nitrogens with one attached hydrogen (secondary N) is 1. The van der Waals surface area contributed by atoms with E-state index in [1.54, 1.807) is 19.3 Å². The van der Waals surface area contributed by atoms with Gasteiger partial charge in [0, 0.05) is 16.7 Å². The van der Waals surface area contributed by atoms with Crippen molar-refractivity contribution in [2.24, 2.45) is 23.2 Å². The second kappa shape index (κ2) is 5.62. The maximum absolute atomic E-state index is 3.71. The average molecular weight is 301 g/mol. The van der Waals surface area contributed by atoms with Crippen molar-refractivity contribution in [3.63, 3.8) is 0 Å². The lowest BCUT2D eigenvalue weighted by Gasteiger charge is -2.59. The quantitative estimate of drug-likeness (QED) is 0.799. The lowest BCUT2D eigenvalue weighted by atomic mass is 9.48. The minimum Gasteiger partial charge on any atom is -0.316 e. The van der Waals surface area contributed by atoms with Gasteiger partial charge in [-0.2, -0.15) is 0 Å². The minimum atomic E-state index is 0.616. The monoisotopic (exact) mass is 301 g/mol. The Hall–Kier alpha value is -0.470. The van der Waals surface area contributed by atoms with E-state index in [1.807, 2.05) is 11.8 Å². The SMILES string of the molecule is CNC(CSc1ccccc1)C12CC3CC(CC(C3)C1)C2. The van der Waals surface area contributed by atoms with E-state index in [4.69, 9.17) is 0 Å². The fourth-order valence-electron chi connectivity index (χ4n) is 5.87. The van der Waals surface area contributed by atoms with E-state index >= 15 is 0 Å². The first-order valence-corrected chi connectivity index (χ1v) is 9.61. The molecule has 1 aromatic carbocycles. The highest BCUT2D eigenvalue weighted by molar-refractivity contribution is 7.99. The summed E-state index contributed by atoms with van der Waals surface area (Å²) in [5, 5.41) is 3.71. The molecular weight excluding hydrogens is 274 g/mol. The molecule has 1 N–H and O–H groups in total. The van der Waals surface area contributed by atoms with Gasteiger partial charge in [-0.1, -0.05) is 18.2 Å². The van der Waals surface area contributed by atoms with Crippen LogP contribution in [0.1, 0.15) is 38.5 Å². The fourth-order valence-corrected chi connectivity index (χ4v) is 7.10. The number of rotatable bonds is 5. The van der Waals surface area contributed by atoms with Crippen molar-refractivity contribution in [2.45, 2.75) is 49.5 Å². The molecule has 0 heterocycles. The summed E-state index contributed by atoms with van der Waals surface area (Å²) in [6.07, 6.45) is 9.13. The van der Waals surface area contributed by atoms with Gasteiger partial charge in [0.2, 0.25) is 0 Å². The van der Waals surface area contributed by atoms with E-state index in [9.17, 15) is 0 Å². The molecule has 1 unspecified atom stereocenters. The Morgan fingerprint density at radius 1 is 1.05 bits per heavy atom. The summed E-state index contributed by atoms with van der Waals surface area (Å²) >= 11 is 2.04. The highest BCUT2D eigenvalue weighted by Crippen LogP contribution is 2.61. The van der Waals surface area contributed by atoms with Crippen LogP contribution >= 0.6 is 11.8 Å². The van der Waals surface area contributed by atoms with Gasteiger partial charge < -0.3 is 5.32 Å². The van der Waals surface area contributed by atoms with Crippen LogP contribution < -0.4 is 5.32 Å². The van der Waals surface area contributed by atoms with Crippen LogP contribution in [0.4, 0.5) is 0 Å². The van der Waals surface area contributed by atoms with Crippen LogP contribution in [0.3, 0.4) is 0 Å². The molecule has 0 saturated heterocycles. The van der Waals surface area contributed by atoms with Gasteiger partial charge in [-0.25, -0.2) is 0 Å². The van der Waals surface area contributed by atoms with E-state index in [2.05, 4.69) is 42.7 Å². The van der Waals surface area contributed by atoms with E-state index in [0.29, 0.717) is 11.5 Å². The van der Waals surface area contributed by atoms with Gasteiger partial charge in [-0.3, -0.25) is 0 Å². The highest BCUT2D eigenvalue weighted by Gasteiger charge is 2.53. The molecule has 0 aliphatic heterocycles. The molecule has 0 amide bonds. The fraction of sp³-hybridized carbons (Fsp3) is 0.684. The second-order valence-corrected chi connectivity index (χ2v) is 8.84. The predicted octanol–water partition coefficient (Wildman–Crippen LogP) is 4.58. The Labute approximate surface area is 133 Å². The first kappa shape index (κ1) is 14.1. The molecule has 4 aliphatic carbocycles. The molecule has 21 heavy (non-hydrogen) atoms. The minimum absolute atomic E-state index is 0.616. The smallest absolute Gasteiger partial charge is 0.0215 e. The molecular formula is C19H27NS. The second-order valence-electron chi connectivity index (χ2n) is 7.75. The summed E-state index contributed by atoms with van der Waals surface area (Å²) in [5.41, 5.74) is 0.616. The molecule has 5 rings (SSSR count). The van der Waals surface area contributed by atoms with Crippen LogP contribution in [0.5, 0.6) is 0 Å². The Balaban J connectivity index is 1.48. The molecule has 0 spiro atoms. The van der Waals surface area contributed by atoms with Crippen LogP contribution in [0.25, 0.3) is 0 Å². The third kappa shape index (κ3) is 2.66. The Morgan fingerprint density at radius 3 is 2.14 bits per heavy atom. The van der Waals surface area contributed by atoms with Crippen molar-refractivity contribution in [1.82, 2.24) is 5.32 Å². The number of thioether (sulfide) groups is 1. The lowest BCUT2D eigenvalue weighted by Crippen LogP contribution is -2.56. The zero-order valence-electron chi connectivity index (χ0n) is 13.1. The molecule has 4 fully saturated rings. The normalized spacial score (nSPS) is 38.6. The van der Waals surface area contributed by atoms with Gasteiger partial charge in [0.25, 0.3) is 0 Å². The topological polar surface area (TPSA) is 12.0 Å². The number of hydrogen-bond donors (Lipinski definition) is 1. The van der Waals surface area contributed by atoms with E-state index in [1.165, 1.54) is 29.9 Å².